The van der Waals surface area contributed by atoms with E-state index in [1.54, 1.807) is 0 Å². The number of nitrogens with two attached hydrogens (primary N) is 1. The summed E-state index contributed by atoms with van der Waals surface area (Å²) in [5.74, 6) is 6.73. The van der Waals surface area contributed by atoms with E-state index in [0.717, 1.165) is 17.7 Å². The van der Waals surface area contributed by atoms with Gasteiger partial charge in [-0.2, -0.15) is 0 Å². The molecule has 1 aliphatic heterocycles. The minimum absolute atomic E-state index is 0.0123. The highest BCUT2D eigenvalue weighted by atomic mass is 16.6. The standard InChI is InChI=1S/C17H23NO2/c1-16(2)12-15(17(3,4)20-16)19-14-10-6-5-8-13(14)9-7-11-18/h5-6,8,10,15H,11-12,18H2,1-4H3. The van der Waals surface area contributed by atoms with Crippen molar-refractivity contribution in [1.82, 2.24) is 0 Å². The summed E-state index contributed by atoms with van der Waals surface area (Å²) in [5.41, 5.74) is 5.84. The van der Waals surface area contributed by atoms with Crippen molar-refractivity contribution in [3.63, 3.8) is 0 Å². The zero-order valence-corrected chi connectivity index (χ0v) is 12.7. The van der Waals surface area contributed by atoms with Crippen molar-refractivity contribution >= 4 is 0 Å². The van der Waals surface area contributed by atoms with Crippen LogP contribution < -0.4 is 10.5 Å². The molecule has 2 N–H and O–H groups in total. The summed E-state index contributed by atoms with van der Waals surface area (Å²) >= 11 is 0. The van der Waals surface area contributed by atoms with Crippen molar-refractivity contribution in [2.75, 3.05) is 6.54 Å². The summed E-state index contributed by atoms with van der Waals surface area (Å²) in [6.45, 7) is 8.68. The van der Waals surface area contributed by atoms with E-state index in [4.69, 9.17) is 15.2 Å². The minimum Gasteiger partial charge on any atom is -0.486 e. The average Bonchev–Trinajstić information content (AvgIpc) is 2.56. The minimum atomic E-state index is -0.308. The molecule has 1 heterocycles. The highest BCUT2D eigenvalue weighted by Crippen LogP contribution is 2.39. The van der Waals surface area contributed by atoms with Crippen molar-refractivity contribution in [1.29, 1.82) is 0 Å². The van der Waals surface area contributed by atoms with Crippen LogP contribution in [0.1, 0.15) is 39.7 Å². The molecule has 1 aromatic rings. The normalized spacial score (nSPS) is 22.9. The highest BCUT2D eigenvalue weighted by molar-refractivity contribution is 5.46. The van der Waals surface area contributed by atoms with Crippen LogP contribution in [0, 0.1) is 11.8 Å². The monoisotopic (exact) mass is 273 g/mol. The van der Waals surface area contributed by atoms with E-state index in [1.165, 1.54) is 0 Å². The van der Waals surface area contributed by atoms with Crippen LogP contribution >= 0.6 is 0 Å². The smallest absolute Gasteiger partial charge is 0.135 e. The lowest BCUT2D eigenvalue weighted by atomic mass is 9.97. The van der Waals surface area contributed by atoms with Crippen LogP contribution in [0.15, 0.2) is 24.3 Å². The zero-order valence-electron chi connectivity index (χ0n) is 12.7. The van der Waals surface area contributed by atoms with Gasteiger partial charge < -0.3 is 15.2 Å². The van der Waals surface area contributed by atoms with Crippen molar-refractivity contribution in [3.8, 4) is 17.6 Å². The second kappa shape index (κ2) is 5.47. The first-order chi connectivity index (χ1) is 9.34. The summed E-state index contributed by atoms with van der Waals surface area (Å²) in [6, 6.07) is 7.80. The maximum Gasteiger partial charge on any atom is 0.135 e. The predicted molar refractivity (Wildman–Crippen MR) is 80.7 cm³/mol. The van der Waals surface area contributed by atoms with Crippen LogP contribution in [0.4, 0.5) is 0 Å². The molecule has 0 aromatic heterocycles. The van der Waals surface area contributed by atoms with E-state index in [2.05, 4.69) is 39.5 Å². The van der Waals surface area contributed by atoms with Gasteiger partial charge in [0.2, 0.25) is 0 Å². The van der Waals surface area contributed by atoms with E-state index in [9.17, 15) is 0 Å². The quantitative estimate of drug-likeness (QED) is 0.843. The molecule has 1 saturated heterocycles. The molecular formula is C17H23NO2. The topological polar surface area (TPSA) is 44.5 Å². The Hall–Kier alpha value is -1.50. The molecule has 0 amide bonds. The van der Waals surface area contributed by atoms with Crippen molar-refractivity contribution in [3.05, 3.63) is 29.8 Å². The van der Waals surface area contributed by atoms with Gasteiger partial charge in [-0.3, -0.25) is 0 Å². The van der Waals surface area contributed by atoms with Gasteiger partial charge >= 0.3 is 0 Å². The largest absolute Gasteiger partial charge is 0.486 e. The molecule has 2 rings (SSSR count). The Labute approximate surface area is 121 Å². The Balaban J connectivity index is 2.22. The fraction of sp³-hybridized carbons (Fsp3) is 0.529. The molecule has 1 aliphatic rings. The molecule has 0 bridgehead atoms. The van der Waals surface area contributed by atoms with Crippen molar-refractivity contribution in [2.24, 2.45) is 5.73 Å². The van der Waals surface area contributed by atoms with Crippen LogP contribution in [0.3, 0.4) is 0 Å². The lowest BCUT2D eigenvalue weighted by Gasteiger charge is -2.27. The van der Waals surface area contributed by atoms with Gasteiger partial charge in [0.1, 0.15) is 17.5 Å². The van der Waals surface area contributed by atoms with Gasteiger partial charge in [-0.15, -0.1) is 0 Å². The average molecular weight is 273 g/mol. The maximum atomic E-state index is 6.19. The summed E-state index contributed by atoms with van der Waals surface area (Å²) in [6.07, 6.45) is 0.872. The lowest BCUT2D eigenvalue weighted by Crippen LogP contribution is -2.36. The highest BCUT2D eigenvalue weighted by Gasteiger charge is 2.47. The third kappa shape index (κ3) is 3.33. The summed E-state index contributed by atoms with van der Waals surface area (Å²) in [7, 11) is 0. The number of benzene rings is 1. The first-order valence-corrected chi connectivity index (χ1v) is 6.99. The van der Waals surface area contributed by atoms with Gasteiger partial charge in [0.15, 0.2) is 0 Å². The molecule has 1 fully saturated rings. The SMILES string of the molecule is CC1(C)CC(Oc2ccccc2C#CCN)C(C)(C)O1. The van der Waals surface area contributed by atoms with E-state index in [0.29, 0.717) is 6.54 Å². The molecule has 0 saturated carbocycles. The zero-order chi connectivity index (χ0) is 14.8. The van der Waals surface area contributed by atoms with Crippen LogP contribution in [-0.2, 0) is 4.74 Å². The van der Waals surface area contributed by atoms with Crippen LogP contribution in [0.2, 0.25) is 0 Å². The molecule has 1 aromatic carbocycles. The van der Waals surface area contributed by atoms with Gasteiger partial charge in [-0.05, 0) is 39.8 Å². The molecule has 0 aliphatic carbocycles. The molecular weight excluding hydrogens is 250 g/mol. The first kappa shape index (κ1) is 14.9. The van der Waals surface area contributed by atoms with Crippen molar-refractivity contribution < 1.29 is 9.47 Å². The van der Waals surface area contributed by atoms with E-state index < -0.39 is 0 Å². The Morgan fingerprint density at radius 3 is 2.60 bits per heavy atom. The van der Waals surface area contributed by atoms with Crippen LogP contribution in [0.25, 0.3) is 0 Å². The molecule has 20 heavy (non-hydrogen) atoms. The van der Waals surface area contributed by atoms with Crippen LogP contribution in [-0.4, -0.2) is 23.9 Å². The molecule has 1 unspecified atom stereocenters. The van der Waals surface area contributed by atoms with Crippen LogP contribution in [0.5, 0.6) is 5.75 Å². The fourth-order valence-electron chi connectivity index (χ4n) is 2.67. The molecule has 1 atom stereocenters. The number of para-hydroxylation sites is 1. The Morgan fingerprint density at radius 2 is 2.00 bits per heavy atom. The Bertz CT molecular complexity index is 537. The third-order valence-corrected chi connectivity index (χ3v) is 3.47. The van der Waals surface area contributed by atoms with Gasteiger partial charge in [-0.25, -0.2) is 0 Å². The second-order valence-electron chi connectivity index (χ2n) is 6.28. The Morgan fingerprint density at radius 1 is 1.30 bits per heavy atom. The van der Waals surface area contributed by atoms with Gasteiger partial charge in [-0.1, -0.05) is 24.0 Å². The Kier molecular flexibility index (Phi) is 4.08. The van der Waals surface area contributed by atoms with Gasteiger partial charge in [0, 0.05) is 6.42 Å². The number of hydrogen-bond donors (Lipinski definition) is 1. The molecule has 3 heteroatoms. The molecule has 108 valence electrons. The predicted octanol–water partition coefficient (Wildman–Crippen LogP) is 2.72. The molecule has 0 spiro atoms. The fourth-order valence-corrected chi connectivity index (χ4v) is 2.67. The second-order valence-corrected chi connectivity index (χ2v) is 6.28. The lowest BCUT2D eigenvalue weighted by molar-refractivity contribution is -0.0846. The van der Waals surface area contributed by atoms with E-state index >= 15 is 0 Å². The molecule has 0 radical (unpaired) electrons. The number of ether oxygens (including phenoxy) is 2. The number of hydrogen-bond acceptors (Lipinski definition) is 3. The summed E-state index contributed by atoms with van der Waals surface area (Å²) in [4.78, 5) is 0. The first-order valence-electron chi connectivity index (χ1n) is 6.99. The maximum absolute atomic E-state index is 6.19. The van der Waals surface area contributed by atoms with E-state index in [1.807, 2.05) is 24.3 Å². The summed E-state index contributed by atoms with van der Waals surface area (Å²) in [5, 5.41) is 0. The number of rotatable bonds is 2. The third-order valence-electron chi connectivity index (χ3n) is 3.47. The van der Waals surface area contributed by atoms with E-state index in [-0.39, 0.29) is 17.3 Å². The van der Waals surface area contributed by atoms with Gasteiger partial charge in [0.05, 0.1) is 17.7 Å². The van der Waals surface area contributed by atoms with Crippen molar-refractivity contribution in [2.45, 2.75) is 51.4 Å². The summed E-state index contributed by atoms with van der Waals surface area (Å²) < 4.78 is 12.2. The van der Waals surface area contributed by atoms with Gasteiger partial charge in [0.25, 0.3) is 0 Å². The molecule has 3 nitrogen and oxygen atoms in total.